The van der Waals surface area contributed by atoms with E-state index >= 15 is 0 Å². The van der Waals surface area contributed by atoms with E-state index in [2.05, 4.69) is 17.1 Å². The fourth-order valence-electron chi connectivity index (χ4n) is 2.82. The summed E-state index contributed by atoms with van der Waals surface area (Å²) in [5.74, 6) is 0.0661. The molecule has 1 fully saturated rings. The van der Waals surface area contributed by atoms with Gasteiger partial charge < -0.3 is 15.3 Å². The maximum atomic E-state index is 12.3. The number of nitrogens with one attached hydrogen (secondary N) is 1. The molecule has 0 aliphatic carbocycles. The van der Waals surface area contributed by atoms with E-state index in [1.54, 1.807) is 0 Å². The summed E-state index contributed by atoms with van der Waals surface area (Å²) in [6, 6.07) is -0.187. The first kappa shape index (κ1) is 17.7. The average Bonchev–Trinajstić information content (AvgIpc) is 2.41. The van der Waals surface area contributed by atoms with Gasteiger partial charge in [0.1, 0.15) is 0 Å². The summed E-state index contributed by atoms with van der Waals surface area (Å²) in [7, 11) is 0. The second-order valence-electron chi connectivity index (χ2n) is 5.78. The molecule has 0 amide bonds. The number of likely N-dealkylation sites (tertiary alicyclic amines) is 1. The summed E-state index contributed by atoms with van der Waals surface area (Å²) in [6.45, 7) is 5.39. The molecule has 3 atom stereocenters. The van der Waals surface area contributed by atoms with E-state index in [4.69, 9.17) is 0 Å². The Balaban J connectivity index is 2.54. The third-order valence-electron chi connectivity index (χ3n) is 3.94. The van der Waals surface area contributed by atoms with Crippen molar-refractivity contribution >= 4 is 0 Å². The van der Waals surface area contributed by atoms with E-state index in [0.717, 1.165) is 25.9 Å². The molecule has 0 aromatic carbocycles. The molecule has 0 aromatic heterocycles. The lowest BCUT2D eigenvalue weighted by molar-refractivity contribution is -0.127. The van der Waals surface area contributed by atoms with Gasteiger partial charge in [0.25, 0.3) is 0 Å². The first-order valence-corrected chi connectivity index (χ1v) is 7.56. The van der Waals surface area contributed by atoms with E-state index < -0.39 is 18.8 Å². The van der Waals surface area contributed by atoms with Gasteiger partial charge in [0.2, 0.25) is 0 Å². The summed E-state index contributed by atoms with van der Waals surface area (Å²) < 4.78 is 36.9. The Morgan fingerprint density at radius 2 is 2.00 bits per heavy atom. The molecule has 0 radical (unpaired) electrons. The third-order valence-corrected chi connectivity index (χ3v) is 3.94. The number of aliphatic hydroxyl groups excluding tert-OH is 1. The van der Waals surface area contributed by atoms with Gasteiger partial charge in [0.05, 0.1) is 12.6 Å². The zero-order valence-corrected chi connectivity index (χ0v) is 12.4. The predicted molar refractivity (Wildman–Crippen MR) is 73.6 cm³/mol. The highest BCUT2D eigenvalue weighted by Crippen LogP contribution is 2.23. The number of aliphatic hydroxyl groups is 1. The minimum Gasteiger partial charge on any atom is -0.393 e. The van der Waals surface area contributed by atoms with Crippen molar-refractivity contribution in [2.75, 3.05) is 26.2 Å². The summed E-state index contributed by atoms with van der Waals surface area (Å²) in [4.78, 5) is 2.19. The normalized spacial score (nSPS) is 26.7. The second kappa shape index (κ2) is 8.20. The lowest BCUT2D eigenvalue weighted by atomic mass is 9.88. The fraction of sp³-hybridized carbons (Fsp3) is 1.00. The molecule has 1 aliphatic rings. The van der Waals surface area contributed by atoms with Crippen molar-refractivity contribution in [3.8, 4) is 0 Å². The van der Waals surface area contributed by atoms with Crippen molar-refractivity contribution in [3.63, 3.8) is 0 Å². The first-order valence-electron chi connectivity index (χ1n) is 7.56. The molecule has 6 heteroatoms. The van der Waals surface area contributed by atoms with Crippen molar-refractivity contribution < 1.29 is 18.3 Å². The monoisotopic (exact) mass is 296 g/mol. The maximum absolute atomic E-state index is 12.3. The first-order chi connectivity index (χ1) is 9.35. The van der Waals surface area contributed by atoms with Crippen LogP contribution in [0.5, 0.6) is 0 Å². The number of halogens is 3. The number of unbranched alkanes of at least 4 members (excludes halogenated alkanes) is 1. The highest BCUT2D eigenvalue weighted by Gasteiger charge is 2.33. The largest absolute Gasteiger partial charge is 0.401 e. The van der Waals surface area contributed by atoms with Gasteiger partial charge in [-0.25, -0.2) is 0 Å². The number of piperidine rings is 1. The Morgan fingerprint density at radius 3 is 2.55 bits per heavy atom. The lowest BCUT2D eigenvalue weighted by Gasteiger charge is -2.40. The van der Waals surface area contributed by atoms with Crippen LogP contribution in [0.3, 0.4) is 0 Å². The highest BCUT2D eigenvalue weighted by molar-refractivity contribution is 4.86. The fourth-order valence-corrected chi connectivity index (χ4v) is 2.82. The van der Waals surface area contributed by atoms with Crippen molar-refractivity contribution in [2.45, 2.75) is 57.9 Å². The molecule has 0 spiro atoms. The van der Waals surface area contributed by atoms with Crippen LogP contribution in [0.15, 0.2) is 0 Å². The van der Waals surface area contributed by atoms with Gasteiger partial charge in [0.15, 0.2) is 0 Å². The van der Waals surface area contributed by atoms with Crippen LogP contribution in [0.4, 0.5) is 13.2 Å². The zero-order valence-electron chi connectivity index (χ0n) is 12.4. The smallest absolute Gasteiger partial charge is 0.393 e. The van der Waals surface area contributed by atoms with Gasteiger partial charge in [0, 0.05) is 19.1 Å². The molecule has 3 nitrogen and oxygen atoms in total. The number of alkyl halides is 3. The third kappa shape index (κ3) is 6.41. The molecular weight excluding hydrogens is 269 g/mol. The molecule has 1 saturated heterocycles. The van der Waals surface area contributed by atoms with Crippen LogP contribution < -0.4 is 5.32 Å². The second-order valence-corrected chi connectivity index (χ2v) is 5.78. The molecule has 1 rings (SSSR count). The van der Waals surface area contributed by atoms with Crippen LogP contribution in [0.2, 0.25) is 0 Å². The van der Waals surface area contributed by atoms with Crippen LogP contribution >= 0.6 is 0 Å². The van der Waals surface area contributed by atoms with Gasteiger partial charge in [-0.1, -0.05) is 20.3 Å². The van der Waals surface area contributed by atoms with Crippen molar-refractivity contribution in [3.05, 3.63) is 0 Å². The number of hydrogen-bond donors (Lipinski definition) is 2. The predicted octanol–water partition coefficient (Wildman–Crippen LogP) is 2.40. The Kier molecular flexibility index (Phi) is 7.26. The maximum Gasteiger partial charge on any atom is 0.401 e. The molecule has 0 saturated carbocycles. The summed E-state index contributed by atoms with van der Waals surface area (Å²) >= 11 is 0. The SMILES string of the molecule is CCCCN1CC(NCC(F)(F)F)CC(C(O)CC)C1. The van der Waals surface area contributed by atoms with Gasteiger partial charge >= 0.3 is 6.18 Å². The molecule has 20 heavy (non-hydrogen) atoms. The number of rotatable bonds is 7. The van der Waals surface area contributed by atoms with Gasteiger partial charge in [-0.3, -0.25) is 0 Å². The van der Waals surface area contributed by atoms with E-state index in [0.29, 0.717) is 19.4 Å². The molecule has 0 bridgehead atoms. The van der Waals surface area contributed by atoms with Crippen LogP contribution in [-0.4, -0.2) is 54.5 Å². The summed E-state index contributed by atoms with van der Waals surface area (Å²) in [5.41, 5.74) is 0. The number of nitrogens with zero attached hydrogens (tertiary/aromatic N) is 1. The topological polar surface area (TPSA) is 35.5 Å². The van der Waals surface area contributed by atoms with Gasteiger partial charge in [-0.2, -0.15) is 13.2 Å². The quantitative estimate of drug-likeness (QED) is 0.757. The minimum absolute atomic E-state index is 0.0661. The molecule has 1 heterocycles. The standard InChI is InChI=1S/C14H27F3N2O/c1-3-5-6-19-8-11(13(20)4-2)7-12(9-19)18-10-14(15,16)17/h11-13,18,20H,3-10H2,1-2H3. The summed E-state index contributed by atoms with van der Waals surface area (Å²) in [6.07, 6.45) is -1.22. The molecular formula is C14H27F3N2O. The van der Waals surface area contributed by atoms with Crippen LogP contribution in [0, 0.1) is 5.92 Å². The molecule has 0 aromatic rings. The lowest BCUT2D eigenvalue weighted by Crippen LogP contribution is -2.53. The van der Waals surface area contributed by atoms with Crippen LogP contribution in [0.25, 0.3) is 0 Å². The van der Waals surface area contributed by atoms with Crippen LogP contribution in [-0.2, 0) is 0 Å². The zero-order chi connectivity index (χ0) is 15.2. The van der Waals surface area contributed by atoms with Crippen molar-refractivity contribution in [1.29, 1.82) is 0 Å². The van der Waals surface area contributed by atoms with Gasteiger partial charge in [-0.15, -0.1) is 0 Å². The van der Waals surface area contributed by atoms with Crippen LogP contribution in [0.1, 0.15) is 39.5 Å². The average molecular weight is 296 g/mol. The summed E-state index contributed by atoms with van der Waals surface area (Å²) in [5, 5.41) is 12.6. The molecule has 120 valence electrons. The van der Waals surface area contributed by atoms with Crippen molar-refractivity contribution in [1.82, 2.24) is 10.2 Å². The number of hydrogen-bond acceptors (Lipinski definition) is 3. The van der Waals surface area contributed by atoms with E-state index in [-0.39, 0.29) is 12.0 Å². The molecule has 1 aliphatic heterocycles. The van der Waals surface area contributed by atoms with E-state index in [1.807, 2.05) is 6.92 Å². The van der Waals surface area contributed by atoms with Gasteiger partial charge in [-0.05, 0) is 31.7 Å². The Morgan fingerprint density at radius 1 is 1.30 bits per heavy atom. The van der Waals surface area contributed by atoms with E-state index in [1.165, 1.54) is 0 Å². The Hall–Kier alpha value is -0.330. The van der Waals surface area contributed by atoms with E-state index in [9.17, 15) is 18.3 Å². The molecule has 3 unspecified atom stereocenters. The molecule has 2 N–H and O–H groups in total. The highest BCUT2D eigenvalue weighted by atomic mass is 19.4. The minimum atomic E-state index is -4.18. The Bertz CT molecular complexity index is 274. The van der Waals surface area contributed by atoms with Crippen molar-refractivity contribution in [2.24, 2.45) is 5.92 Å². The Labute approximate surface area is 119 Å².